The Kier molecular flexibility index (Phi) is 4.24. The highest BCUT2D eigenvalue weighted by Gasteiger charge is 2.38. The SMILES string of the molecule is Cn1nc(NCC2CC(C)(C)CC(C)(C)C2)c(=O)n(C)c1=O. The molecule has 0 aromatic carbocycles. The minimum Gasteiger partial charge on any atom is -0.364 e. The maximum absolute atomic E-state index is 12.1. The number of anilines is 1. The summed E-state index contributed by atoms with van der Waals surface area (Å²) in [5.74, 6) is 0.758. The number of nitrogens with zero attached hydrogens (tertiary/aromatic N) is 3. The van der Waals surface area contributed by atoms with E-state index in [9.17, 15) is 9.59 Å². The van der Waals surface area contributed by atoms with Gasteiger partial charge in [-0.2, -0.15) is 0 Å². The molecule has 1 N–H and O–H groups in total. The van der Waals surface area contributed by atoms with Crippen molar-refractivity contribution in [1.82, 2.24) is 14.3 Å². The van der Waals surface area contributed by atoms with Crippen LogP contribution in [0.2, 0.25) is 0 Å². The molecule has 0 amide bonds. The van der Waals surface area contributed by atoms with Crippen LogP contribution in [-0.4, -0.2) is 20.9 Å². The highest BCUT2D eigenvalue weighted by Crippen LogP contribution is 2.48. The molecular formula is C16H28N4O2. The Hall–Kier alpha value is -1.59. The summed E-state index contributed by atoms with van der Waals surface area (Å²) in [6.45, 7) is 9.96. The predicted octanol–water partition coefficient (Wildman–Crippen LogP) is 1.74. The van der Waals surface area contributed by atoms with Gasteiger partial charge in [0.25, 0.3) is 5.56 Å². The first-order valence-electron chi connectivity index (χ1n) is 7.89. The van der Waals surface area contributed by atoms with Crippen LogP contribution < -0.4 is 16.6 Å². The van der Waals surface area contributed by atoms with E-state index in [1.807, 2.05) is 0 Å². The summed E-state index contributed by atoms with van der Waals surface area (Å²) < 4.78 is 2.28. The number of aryl methyl sites for hydroxylation is 1. The average Bonchev–Trinajstić information content (AvgIpc) is 2.35. The molecule has 0 unspecified atom stereocenters. The zero-order valence-corrected chi connectivity index (χ0v) is 14.6. The molecule has 0 atom stereocenters. The van der Waals surface area contributed by atoms with Crippen LogP contribution in [0.3, 0.4) is 0 Å². The highest BCUT2D eigenvalue weighted by molar-refractivity contribution is 5.29. The van der Waals surface area contributed by atoms with Crippen molar-refractivity contribution in [2.75, 3.05) is 11.9 Å². The predicted molar refractivity (Wildman–Crippen MR) is 88.1 cm³/mol. The van der Waals surface area contributed by atoms with Gasteiger partial charge in [-0.15, -0.1) is 5.10 Å². The third-order valence-electron chi connectivity index (χ3n) is 4.52. The van der Waals surface area contributed by atoms with Gasteiger partial charge in [-0.25, -0.2) is 9.48 Å². The molecule has 124 valence electrons. The molecule has 1 heterocycles. The molecule has 0 aliphatic heterocycles. The standard InChI is InChI=1S/C16H28N4O2/c1-15(2)7-11(8-16(3,4)10-15)9-17-12-13(21)19(5)14(22)20(6)18-12/h11H,7-10H2,1-6H3,(H,17,18). The summed E-state index contributed by atoms with van der Waals surface area (Å²) in [7, 11) is 3.03. The van der Waals surface area contributed by atoms with Crippen LogP contribution in [0.4, 0.5) is 5.82 Å². The lowest BCUT2D eigenvalue weighted by Gasteiger charge is -2.45. The third-order valence-corrected chi connectivity index (χ3v) is 4.52. The fourth-order valence-electron chi connectivity index (χ4n) is 4.27. The number of rotatable bonds is 3. The number of aromatic nitrogens is 3. The third kappa shape index (κ3) is 3.59. The van der Waals surface area contributed by atoms with Crippen molar-refractivity contribution in [2.24, 2.45) is 30.8 Å². The van der Waals surface area contributed by atoms with E-state index in [0.29, 0.717) is 23.3 Å². The van der Waals surface area contributed by atoms with Crippen molar-refractivity contribution in [1.29, 1.82) is 0 Å². The van der Waals surface area contributed by atoms with E-state index in [4.69, 9.17) is 0 Å². The van der Waals surface area contributed by atoms with Crippen molar-refractivity contribution < 1.29 is 0 Å². The van der Waals surface area contributed by atoms with Crippen molar-refractivity contribution in [3.05, 3.63) is 20.8 Å². The summed E-state index contributed by atoms with van der Waals surface area (Å²) in [6, 6.07) is 0. The summed E-state index contributed by atoms with van der Waals surface area (Å²) >= 11 is 0. The molecule has 1 saturated carbocycles. The van der Waals surface area contributed by atoms with Crippen LogP contribution in [0.5, 0.6) is 0 Å². The number of hydrogen-bond donors (Lipinski definition) is 1. The Bertz CT molecular complexity index is 654. The van der Waals surface area contributed by atoms with Gasteiger partial charge in [-0.1, -0.05) is 27.7 Å². The second kappa shape index (κ2) is 5.56. The van der Waals surface area contributed by atoms with Crippen LogP contribution in [-0.2, 0) is 14.1 Å². The lowest BCUT2D eigenvalue weighted by atomic mass is 9.61. The molecule has 0 saturated heterocycles. The Morgan fingerprint density at radius 3 is 2.23 bits per heavy atom. The van der Waals surface area contributed by atoms with E-state index in [1.165, 1.54) is 18.2 Å². The molecule has 1 aliphatic carbocycles. The van der Waals surface area contributed by atoms with Gasteiger partial charge in [0.05, 0.1) is 0 Å². The quantitative estimate of drug-likeness (QED) is 0.923. The highest BCUT2D eigenvalue weighted by atomic mass is 16.2. The molecule has 0 radical (unpaired) electrons. The van der Waals surface area contributed by atoms with E-state index in [1.54, 1.807) is 7.05 Å². The summed E-state index contributed by atoms with van der Waals surface area (Å²) in [4.78, 5) is 23.7. The van der Waals surface area contributed by atoms with E-state index in [-0.39, 0.29) is 11.4 Å². The number of hydrogen-bond acceptors (Lipinski definition) is 4. The average molecular weight is 308 g/mol. The number of nitrogens with one attached hydrogen (secondary N) is 1. The summed E-state index contributed by atoms with van der Waals surface area (Å²) in [5, 5.41) is 7.21. The van der Waals surface area contributed by atoms with Crippen LogP contribution in [0.15, 0.2) is 9.59 Å². The molecule has 0 spiro atoms. The van der Waals surface area contributed by atoms with Crippen LogP contribution in [0, 0.1) is 16.7 Å². The smallest absolute Gasteiger partial charge is 0.346 e. The normalized spacial score (nSPS) is 20.8. The van der Waals surface area contributed by atoms with Gasteiger partial charge < -0.3 is 5.32 Å². The lowest BCUT2D eigenvalue weighted by molar-refractivity contribution is 0.0728. The van der Waals surface area contributed by atoms with Gasteiger partial charge in [-0.05, 0) is 36.0 Å². The van der Waals surface area contributed by atoms with Gasteiger partial charge in [0.2, 0.25) is 5.82 Å². The first-order valence-corrected chi connectivity index (χ1v) is 7.89. The van der Waals surface area contributed by atoms with Crippen LogP contribution in [0.1, 0.15) is 47.0 Å². The topological polar surface area (TPSA) is 68.9 Å². The molecular weight excluding hydrogens is 280 g/mol. The minimum atomic E-state index is -0.407. The van der Waals surface area contributed by atoms with Crippen molar-refractivity contribution in [3.63, 3.8) is 0 Å². The fraction of sp³-hybridized carbons (Fsp3) is 0.812. The Morgan fingerprint density at radius 1 is 1.14 bits per heavy atom. The molecule has 1 fully saturated rings. The molecule has 0 bridgehead atoms. The van der Waals surface area contributed by atoms with Gasteiger partial charge >= 0.3 is 5.69 Å². The Morgan fingerprint density at radius 2 is 1.68 bits per heavy atom. The van der Waals surface area contributed by atoms with E-state index in [0.717, 1.165) is 17.4 Å². The van der Waals surface area contributed by atoms with Crippen LogP contribution in [0.25, 0.3) is 0 Å². The molecule has 1 aliphatic rings. The molecule has 2 rings (SSSR count). The summed E-state index contributed by atoms with van der Waals surface area (Å²) in [5.41, 5.74) is -0.139. The second-order valence-corrected chi connectivity index (χ2v) is 8.28. The van der Waals surface area contributed by atoms with Gasteiger partial charge in [0, 0.05) is 20.6 Å². The fourth-order valence-corrected chi connectivity index (χ4v) is 4.27. The monoisotopic (exact) mass is 308 g/mol. The molecule has 6 heteroatoms. The molecule has 1 aromatic heterocycles. The van der Waals surface area contributed by atoms with Crippen molar-refractivity contribution >= 4 is 5.82 Å². The van der Waals surface area contributed by atoms with Gasteiger partial charge in [0.1, 0.15) is 0 Å². The molecule has 6 nitrogen and oxygen atoms in total. The largest absolute Gasteiger partial charge is 0.364 e. The maximum atomic E-state index is 12.1. The lowest BCUT2D eigenvalue weighted by Crippen LogP contribution is -2.41. The van der Waals surface area contributed by atoms with Crippen molar-refractivity contribution in [2.45, 2.75) is 47.0 Å². The molecule has 1 aromatic rings. The zero-order chi connectivity index (χ0) is 16.7. The van der Waals surface area contributed by atoms with E-state index >= 15 is 0 Å². The Labute approximate surface area is 131 Å². The minimum absolute atomic E-state index is 0.255. The van der Waals surface area contributed by atoms with E-state index < -0.39 is 5.69 Å². The van der Waals surface area contributed by atoms with Gasteiger partial charge in [0.15, 0.2) is 0 Å². The van der Waals surface area contributed by atoms with Crippen molar-refractivity contribution in [3.8, 4) is 0 Å². The van der Waals surface area contributed by atoms with E-state index in [2.05, 4.69) is 38.1 Å². The zero-order valence-electron chi connectivity index (χ0n) is 14.6. The second-order valence-electron chi connectivity index (χ2n) is 8.28. The Balaban J connectivity index is 2.14. The van der Waals surface area contributed by atoms with Crippen LogP contribution >= 0.6 is 0 Å². The first kappa shape index (κ1) is 16.8. The maximum Gasteiger partial charge on any atom is 0.346 e. The summed E-state index contributed by atoms with van der Waals surface area (Å²) in [6.07, 6.45) is 3.49. The first-order chi connectivity index (χ1) is 10.0. The molecule has 22 heavy (non-hydrogen) atoms. The van der Waals surface area contributed by atoms with Gasteiger partial charge in [-0.3, -0.25) is 9.36 Å².